The van der Waals surface area contributed by atoms with Gasteiger partial charge in [-0.25, -0.2) is 0 Å². The number of hydrogen-bond acceptors (Lipinski definition) is 3. The van der Waals surface area contributed by atoms with E-state index in [9.17, 15) is 9.59 Å². The van der Waals surface area contributed by atoms with E-state index in [0.29, 0.717) is 28.7 Å². The highest BCUT2D eigenvalue weighted by atomic mass is 79.9. The molecule has 1 aromatic carbocycles. The van der Waals surface area contributed by atoms with Crippen LogP contribution in [0, 0.1) is 13.8 Å². The van der Waals surface area contributed by atoms with E-state index in [1.54, 1.807) is 6.92 Å². The third-order valence-electron chi connectivity index (χ3n) is 5.26. The highest BCUT2D eigenvalue weighted by Gasteiger charge is 2.19. The molecule has 7 heteroatoms. The Kier molecular flexibility index (Phi) is 6.17. The number of nitrogens with zero attached hydrogens (tertiary/aromatic N) is 1. The summed E-state index contributed by atoms with van der Waals surface area (Å²) in [5.41, 5.74) is 3.57. The van der Waals surface area contributed by atoms with E-state index in [-0.39, 0.29) is 17.9 Å². The van der Waals surface area contributed by atoms with E-state index in [0.717, 1.165) is 27.4 Å². The summed E-state index contributed by atoms with van der Waals surface area (Å²) in [6.07, 6.45) is 3.09. The zero-order chi connectivity index (χ0) is 21.3. The zero-order valence-corrected chi connectivity index (χ0v) is 18.9. The van der Waals surface area contributed by atoms with Crippen LogP contribution in [-0.4, -0.2) is 22.6 Å². The first-order valence-corrected chi connectivity index (χ1v) is 10.4. The minimum absolute atomic E-state index is 0.0801. The van der Waals surface area contributed by atoms with Gasteiger partial charge in [0.25, 0.3) is 5.91 Å². The van der Waals surface area contributed by atoms with Crippen LogP contribution in [0.4, 0.5) is 0 Å². The molecule has 3 aromatic rings. The van der Waals surface area contributed by atoms with E-state index in [1.165, 1.54) is 13.2 Å². The molecule has 1 atom stereocenters. The van der Waals surface area contributed by atoms with E-state index in [2.05, 4.69) is 50.8 Å². The van der Waals surface area contributed by atoms with Crippen LogP contribution < -0.4 is 15.5 Å². The first kappa shape index (κ1) is 21.2. The van der Waals surface area contributed by atoms with Gasteiger partial charge in [-0.3, -0.25) is 9.59 Å². The predicted molar refractivity (Wildman–Crippen MR) is 119 cm³/mol. The number of nitrogens with one attached hydrogen (secondary N) is 2. The Morgan fingerprint density at radius 2 is 2.03 bits per heavy atom. The van der Waals surface area contributed by atoms with Gasteiger partial charge < -0.3 is 19.6 Å². The maximum absolute atomic E-state index is 13.1. The molecule has 29 heavy (non-hydrogen) atoms. The SMILES string of the molecule is CCC(C)n1cc(C)c2c(C(=O)NCc3c(OC)[nH]c(C)cc3=O)cc(Br)cc21. The van der Waals surface area contributed by atoms with Gasteiger partial charge in [0.05, 0.1) is 30.3 Å². The van der Waals surface area contributed by atoms with Crippen LogP contribution in [0.1, 0.15) is 53.5 Å². The smallest absolute Gasteiger partial charge is 0.252 e. The Balaban J connectivity index is 1.99. The highest BCUT2D eigenvalue weighted by Crippen LogP contribution is 2.31. The number of hydrogen-bond donors (Lipinski definition) is 2. The molecule has 2 heterocycles. The Bertz CT molecular complexity index is 1130. The number of halogens is 1. The minimum Gasteiger partial charge on any atom is -0.482 e. The number of carbonyl (C=O) groups is 1. The minimum atomic E-state index is -0.233. The van der Waals surface area contributed by atoms with Crippen LogP contribution in [0.3, 0.4) is 0 Å². The monoisotopic (exact) mass is 459 g/mol. The Hall–Kier alpha value is -2.54. The van der Waals surface area contributed by atoms with Crippen LogP contribution in [-0.2, 0) is 6.54 Å². The maximum atomic E-state index is 13.1. The van der Waals surface area contributed by atoms with Crippen molar-refractivity contribution in [2.75, 3.05) is 7.11 Å². The molecule has 0 saturated carbocycles. The van der Waals surface area contributed by atoms with Crippen molar-refractivity contribution in [2.24, 2.45) is 0 Å². The number of H-pyrrole nitrogens is 1. The molecule has 154 valence electrons. The lowest BCUT2D eigenvalue weighted by molar-refractivity contribution is 0.0952. The van der Waals surface area contributed by atoms with E-state index < -0.39 is 0 Å². The molecule has 0 aliphatic carbocycles. The number of pyridine rings is 1. The van der Waals surface area contributed by atoms with Gasteiger partial charge in [-0.15, -0.1) is 0 Å². The van der Waals surface area contributed by atoms with Crippen LogP contribution in [0.15, 0.2) is 33.7 Å². The quantitative estimate of drug-likeness (QED) is 0.564. The average Bonchev–Trinajstić information content (AvgIpc) is 3.01. The van der Waals surface area contributed by atoms with Crippen molar-refractivity contribution < 1.29 is 9.53 Å². The fourth-order valence-corrected chi connectivity index (χ4v) is 4.03. The van der Waals surface area contributed by atoms with Gasteiger partial charge in [-0.1, -0.05) is 22.9 Å². The molecule has 0 saturated heterocycles. The Morgan fingerprint density at radius 3 is 2.69 bits per heavy atom. The largest absolute Gasteiger partial charge is 0.482 e. The van der Waals surface area contributed by atoms with Crippen molar-refractivity contribution in [2.45, 2.75) is 46.7 Å². The standard InChI is InChI=1S/C22H26BrN3O3/c1-6-14(4)26-11-12(2)20-16(8-15(23)9-18(20)26)21(28)24-10-17-19(27)7-13(3)25-22(17)29-5/h7-9,11,14H,6,10H2,1-5H3,(H,24,28)(H,25,27). The van der Waals surface area contributed by atoms with E-state index >= 15 is 0 Å². The number of aromatic amines is 1. The summed E-state index contributed by atoms with van der Waals surface area (Å²) in [6.45, 7) is 8.19. The van der Waals surface area contributed by atoms with Crippen LogP contribution in [0.2, 0.25) is 0 Å². The molecule has 0 aliphatic rings. The molecule has 0 bridgehead atoms. The average molecular weight is 460 g/mol. The number of aryl methyl sites for hydroxylation is 2. The number of benzene rings is 1. The first-order chi connectivity index (χ1) is 13.8. The van der Waals surface area contributed by atoms with Crippen molar-refractivity contribution in [3.8, 4) is 5.88 Å². The van der Waals surface area contributed by atoms with Crippen molar-refractivity contribution in [1.29, 1.82) is 0 Å². The van der Waals surface area contributed by atoms with Crippen molar-refractivity contribution in [3.63, 3.8) is 0 Å². The summed E-state index contributed by atoms with van der Waals surface area (Å²) < 4.78 is 8.32. The Labute approximate surface area is 178 Å². The zero-order valence-electron chi connectivity index (χ0n) is 17.4. The number of methoxy groups -OCH3 is 1. The van der Waals surface area contributed by atoms with Gasteiger partial charge in [-0.05, 0) is 44.9 Å². The van der Waals surface area contributed by atoms with Gasteiger partial charge in [0.1, 0.15) is 0 Å². The van der Waals surface area contributed by atoms with Crippen molar-refractivity contribution in [1.82, 2.24) is 14.9 Å². The number of carbonyl (C=O) groups excluding carboxylic acids is 1. The molecule has 3 rings (SSSR count). The second kappa shape index (κ2) is 8.45. The molecule has 2 N–H and O–H groups in total. The summed E-state index contributed by atoms with van der Waals surface area (Å²) in [5.74, 6) is 0.136. The second-order valence-corrected chi connectivity index (χ2v) is 8.25. The number of aromatic nitrogens is 2. The maximum Gasteiger partial charge on any atom is 0.252 e. The number of fused-ring (bicyclic) bond motifs is 1. The summed E-state index contributed by atoms with van der Waals surface area (Å²) >= 11 is 3.54. The van der Waals surface area contributed by atoms with Gasteiger partial charge in [0.15, 0.2) is 11.3 Å². The molecule has 1 amide bonds. The fraction of sp³-hybridized carbons (Fsp3) is 0.364. The number of amides is 1. The molecular weight excluding hydrogens is 434 g/mol. The highest BCUT2D eigenvalue weighted by molar-refractivity contribution is 9.10. The van der Waals surface area contributed by atoms with Gasteiger partial charge in [0, 0.05) is 33.9 Å². The van der Waals surface area contributed by atoms with Crippen LogP contribution in [0.5, 0.6) is 5.88 Å². The van der Waals surface area contributed by atoms with Crippen molar-refractivity contribution >= 4 is 32.7 Å². The van der Waals surface area contributed by atoms with Crippen LogP contribution in [0.25, 0.3) is 10.9 Å². The van der Waals surface area contributed by atoms with Gasteiger partial charge in [0.2, 0.25) is 0 Å². The van der Waals surface area contributed by atoms with Gasteiger partial charge in [-0.2, -0.15) is 0 Å². The second-order valence-electron chi connectivity index (χ2n) is 7.34. The van der Waals surface area contributed by atoms with E-state index in [4.69, 9.17) is 4.74 Å². The third kappa shape index (κ3) is 4.10. The molecular formula is C22H26BrN3O3. The van der Waals surface area contributed by atoms with Gasteiger partial charge >= 0.3 is 0 Å². The predicted octanol–water partition coefficient (Wildman–Crippen LogP) is 4.62. The molecule has 0 aliphatic heterocycles. The lowest BCUT2D eigenvalue weighted by Crippen LogP contribution is -2.27. The Morgan fingerprint density at radius 1 is 1.31 bits per heavy atom. The number of ether oxygens (including phenoxy) is 1. The van der Waals surface area contributed by atoms with Crippen molar-refractivity contribution in [3.05, 3.63) is 61.5 Å². The molecule has 0 fully saturated rings. The van der Waals surface area contributed by atoms with Crippen LogP contribution >= 0.6 is 15.9 Å². The summed E-state index contributed by atoms with van der Waals surface area (Å²) in [7, 11) is 1.49. The lowest BCUT2D eigenvalue weighted by atomic mass is 10.1. The summed E-state index contributed by atoms with van der Waals surface area (Å²) in [5, 5.41) is 3.81. The van der Waals surface area contributed by atoms with E-state index in [1.807, 2.05) is 19.1 Å². The molecule has 2 aromatic heterocycles. The molecule has 6 nitrogen and oxygen atoms in total. The first-order valence-electron chi connectivity index (χ1n) is 9.62. The topological polar surface area (TPSA) is 76.1 Å². The molecule has 0 radical (unpaired) electrons. The molecule has 1 unspecified atom stereocenters. The number of rotatable bonds is 6. The summed E-state index contributed by atoms with van der Waals surface area (Å²) in [4.78, 5) is 28.4. The summed E-state index contributed by atoms with van der Waals surface area (Å²) in [6, 6.07) is 5.69. The fourth-order valence-electron chi connectivity index (χ4n) is 3.59. The normalized spacial score (nSPS) is 12.2. The lowest BCUT2D eigenvalue weighted by Gasteiger charge is -2.14. The molecule has 0 spiro atoms. The third-order valence-corrected chi connectivity index (χ3v) is 5.72.